The third-order valence-electron chi connectivity index (χ3n) is 3.97. The van der Waals surface area contributed by atoms with Crippen LogP contribution in [0.1, 0.15) is 28.4 Å². The van der Waals surface area contributed by atoms with Crippen LogP contribution in [0.4, 0.5) is 4.39 Å². The van der Waals surface area contributed by atoms with E-state index >= 15 is 0 Å². The van der Waals surface area contributed by atoms with Gasteiger partial charge in [-0.25, -0.2) is 4.39 Å². The highest BCUT2D eigenvalue weighted by Gasteiger charge is 2.24. The van der Waals surface area contributed by atoms with Gasteiger partial charge in [-0.2, -0.15) is 0 Å². The first-order chi connectivity index (χ1) is 11.6. The fraction of sp³-hybridized carbons (Fsp3) is 0.278. The van der Waals surface area contributed by atoms with Gasteiger partial charge in [0.05, 0.1) is 25.8 Å². The number of nitrogens with one attached hydrogen (secondary N) is 1. The predicted octanol–water partition coefficient (Wildman–Crippen LogP) is 3.81. The minimum atomic E-state index is -0.297. The molecule has 1 aliphatic heterocycles. The maximum Gasteiger partial charge on any atom is 0.255 e. The van der Waals surface area contributed by atoms with E-state index in [2.05, 4.69) is 5.32 Å². The number of halogens is 1. The smallest absolute Gasteiger partial charge is 0.255 e. The third-order valence-corrected chi connectivity index (χ3v) is 5.09. The van der Waals surface area contributed by atoms with E-state index in [0.717, 1.165) is 22.6 Å². The Morgan fingerprint density at radius 2 is 2.04 bits per heavy atom. The molecule has 0 aromatic heterocycles. The van der Waals surface area contributed by atoms with E-state index in [-0.39, 0.29) is 17.8 Å². The Balaban J connectivity index is 1.88. The van der Waals surface area contributed by atoms with Crippen molar-refractivity contribution in [2.24, 2.45) is 0 Å². The molecule has 1 aliphatic rings. The Hall–Kier alpha value is -2.21. The number of thioether (sulfide) groups is 1. The van der Waals surface area contributed by atoms with Gasteiger partial charge < -0.3 is 14.8 Å². The molecule has 6 heteroatoms. The quantitative estimate of drug-likeness (QED) is 0.914. The largest absolute Gasteiger partial charge is 0.497 e. The molecule has 1 heterocycles. The number of hydrogen-bond donors (Lipinski definition) is 1. The molecular formula is C18H18FNO3S. The number of carbonyl (C=O) groups is 1. The summed E-state index contributed by atoms with van der Waals surface area (Å²) in [5.74, 6) is 1.36. The van der Waals surface area contributed by atoms with Gasteiger partial charge in [-0.05, 0) is 48.4 Å². The van der Waals surface area contributed by atoms with E-state index in [1.807, 2.05) is 0 Å². The number of ether oxygens (including phenoxy) is 2. The lowest BCUT2D eigenvalue weighted by atomic mass is 10.0. The first-order valence-electron chi connectivity index (χ1n) is 7.57. The number of amides is 1. The van der Waals surface area contributed by atoms with Crippen molar-refractivity contribution < 1.29 is 18.7 Å². The second-order valence-electron chi connectivity index (χ2n) is 5.41. The van der Waals surface area contributed by atoms with Gasteiger partial charge in [-0.1, -0.05) is 0 Å². The van der Waals surface area contributed by atoms with Crippen molar-refractivity contribution in [2.45, 2.75) is 17.4 Å². The highest BCUT2D eigenvalue weighted by Crippen LogP contribution is 2.37. The van der Waals surface area contributed by atoms with E-state index < -0.39 is 0 Å². The van der Waals surface area contributed by atoms with Crippen molar-refractivity contribution in [3.63, 3.8) is 0 Å². The Labute approximate surface area is 144 Å². The lowest BCUT2D eigenvalue weighted by Gasteiger charge is -2.26. The zero-order chi connectivity index (χ0) is 17.1. The first kappa shape index (κ1) is 16.6. The topological polar surface area (TPSA) is 47.6 Å². The van der Waals surface area contributed by atoms with Gasteiger partial charge in [0.1, 0.15) is 17.3 Å². The fourth-order valence-electron chi connectivity index (χ4n) is 2.74. The molecule has 1 unspecified atom stereocenters. The number of methoxy groups -OCH3 is 2. The van der Waals surface area contributed by atoms with Crippen molar-refractivity contribution in [1.29, 1.82) is 0 Å². The monoisotopic (exact) mass is 347 g/mol. The zero-order valence-corrected chi connectivity index (χ0v) is 14.3. The molecule has 126 valence electrons. The summed E-state index contributed by atoms with van der Waals surface area (Å²) in [5.41, 5.74) is 1.22. The van der Waals surface area contributed by atoms with Gasteiger partial charge >= 0.3 is 0 Å². The molecule has 1 amide bonds. The maximum absolute atomic E-state index is 13.6. The molecule has 2 aromatic carbocycles. The van der Waals surface area contributed by atoms with E-state index in [0.29, 0.717) is 17.1 Å². The molecule has 0 saturated heterocycles. The summed E-state index contributed by atoms with van der Waals surface area (Å²) in [6.45, 7) is 0. The normalized spacial score (nSPS) is 16.2. The average molecular weight is 347 g/mol. The summed E-state index contributed by atoms with van der Waals surface area (Å²) in [4.78, 5) is 13.7. The molecule has 1 atom stereocenters. The standard InChI is InChI=1S/C18H18FNO3S/c1-22-12-4-5-16(23-2)14(10-12)18(21)20-15-7-8-24-17-6-3-11(19)9-13(15)17/h3-6,9-10,15H,7-8H2,1-2H3,(H,20,21). The van der Waals surface area contributed by atoms with Gasteiger partial charge in [0.15, 0.2) is 0 Å². The fourth-order valence-corrected chi connectivity index (χ4v) is 3.85. The van der Waals surface area contributed by atoms with E-state index in [9.17, 15) is 9.18 Å². The summed E-state index contributed by atoms with van der Waals surface area (Å²) < 4.78 is 24.0. The van der Waals surface area contributed by atoms with Crippen molar-refractivity contribution >= 4 is 17.7 Å². The van der Waals surface area contributed by atoms with Crippen LogP contribution in [0.15, 0.2) is 41.3 Å². The molecule has 0 saturated carbocycles. The average Bonchev–Trinajstić information content (AvgIpc) is 2.61. The Kier molecular flexibility index (Phi) is 4.94. The van der Waals surface area contributed by atoms with Crippen LogP contribution >= 0.6 is 11.8 Å². The number of carbonyl (C=O) groups excluding carboxylic acids is 1. The number of fused-ring (bicyclic) bond motifs is 1. The molecule has 0 radical (unpaired) electrons. The second kappa shape index (κ2) is 7.13. The van der Waals surface area contributed by atoms with Crippen molar-refractivity contribution in [2.75, 3.05) is 20.0 Å². The van der Waals surface area contributed by atoms with Crippen LogP contribution < -0.4 is 14.8 Å². The third kappa shape index (κ3) is 3.33. The molecule has 1 N–H and O–H groups in total. The van der Waals surface area contributed by atoms with Crippen LogP contribution in [0.5, 0.6) is 11.5 Å². The highest BCUT2D eigenvalue weighted by molar-refractivity contribution is 7.99. The summed E-state index contributed by atoms with van der Waals surface area (Å²) >= 11 is 1.68. The summed E-state index contributed by atoms with van der Waals surface area (Å²) in [6.07, 6.45) is 0.749. The molecule has 0 aliphatic carbocycles. The van der Waals surface area contributed by atoms with Gasteiger partial charge in [0, 0.05) is 10.6 Å². The summed E-state index contributed by atoms with van der Waals surface area (Å²) in [7, 11) is 3.06. The van der Waals surface area contributed by atoms with Gasteiger partial charge in [0.2, 0.25) is 0 Å². The lowest BCUT2D eigenvalue weighted by molar-refractivity contribution is 0.0931. The summed E-state index contributed by atoms with van der Waals surface area (Å²) in [6, 6.07) is 9.55. The molecule has 3 rings (SSSR count). The van der Waals surface area contributed by atoms with Crippen LogP contribution in [-0.4, -0.2) is 25.9 Å². The van der Waals surface area contributed by atoms with Gasteiger partial charge in [-0.3, -0.25) is 4.79 Å². The molecule has 0 bridgehead atoms. The van der Waals surface area contributed by atoms with Crippen LogP contribution in [0.3, 0.4) is 0 Å². The Morgan fingerprint density at radius 1 is 1.21 bits per heavy atom. The molecule has 0 fully saturated rings. The van der Waals surface area contributed by atoms with Crippen LogP contribution in [0.25, 0.3) is 0 Å². The van der Waals surface area contributed by atoms with Gasteiger partial charge in [-0.15, -0.1) is 11.8 Å². The molecule has 2 aromatic rings. The number of hydrogen-bond acceptors (Lipinski definition) is 4. The Morgan fingerprint density at radius 3 is 2.79 bits per heavy atom. The summed E-state index contributed by atoms with van der Waals surface area (Å²) in [5, 5.41) is 2.99. The minimum Gasteiger partial charge on any atom is -0.497 e. The maximum atomic E-state index is 13.6. The van der Waals surface area contributed by atoms with Crippen molar-refractivity contribution in [1.82, 2.24) is 5.32 Å². The van der Waals surface area contributed by atoms with Crippen LogP contribution in [-0.2, 0) is 0 Å². The second-order valence-corrected chi connectivity index (χ2v) is 6.55. The van der Waals surface area contributed by atoms with Crippen molar-refractivity contribution in [3.05, 3.63) is 53.3 Å². The molecular weight excluding hydrogens is 329 g/mol. The SMILES string of the molecule is COc1ccc(OC)c(C(=O)NC2CCSc3ccc(F)cc32)c1. The van der Waals surface area contributed by atoms with Gasteiger partial charge in [0.25, 0.3) is 5.91 Å². The van der Waals surface area contributed by atoms with Crippen LogP contribution in [0, 0.1) is 5.82 Å². The number of rotatable bonds is 4. The molecule has 24 heavy (non-hydrogen) atoms. The number of benzene rings is 2. The van der Waals surface area contributed by atoms with Crippen molar-refractivity contribution in [3.8, 4) is 11.5 Å². The Bertz CT molecular complexity index is 766. The minimum absolute atomic E-state index is 0.222. The molecule has 0 spiro atoms. The van der Waals surface area contributed by atoms with Crippen LogP contribution in [0.2, 0.25) is 0 Å². The molecule has 4 nitrogen and oxygen atoms in total. The predicted molar refractivity (Wildman–Crippen MR) is 91.5 cm³/mol. The first-order valence-corrected chi connectivity index (χ1v) is 8.56. The lowest BCUT2D eigenvalue weighted by Crippen LogP contribution is -2.31. The van der Waals surface area contributed by atoms with E-state index in [1.54, 1.807) is 43.1 Å². The highest BCUT2D eigenvalue weighted by atomic mass is 32.2. The van der Waals surface area contributed by atoms with E-state index in [4.69, 9.17) is 9.47 Å². The van der Waals surface area contributed by atoms with E-state index in [1.165, 1.54) is 19.2 Å². The zero-order valence-electron chi connectivity index (χ0n) is 13.5.